The standard InChI is InChI=1S/C6H12S.Li/c7-6-4-2-1-3-5-6;/h6-7H,1-5H2;/q;+1/p-1. The van der Waals surface area contributed by atoms with Crippen LogP contribution in [0.1, 0.15) is 32.1 Å². The minimum absolute atomic E-state index is 0. The van der Waals surface area contributed by atoms with E-state index < -0.39 is 0 Å². The van der Waals surface area contributed by atoms with Gasteiger partial charge in [-0.15, -0.1) is 0 Å². The van der Waals surface area contributed by atoms with Crippen LogP contribution >= 0.6 is 0 Å². The van der Waals surface area contributed by atoms with E-state index in [-0.39, 0.29) is 18.9 Å². The van der Waals surface area contributed by atoms with Crippen LogP contribution < -0.4 is 18.9 Å². The molecular weight excluding hydrogens is 111 g/mol. The molecule has 0 amide bonds. The Balaban J connectivity index is 0.000000490. The number of hydrogen-bond donors (Lipinski definition) is 0. The first-order valence-electron chi connectivity index (χ1n) is 3.05. The zero-order chi connectivity index (χ0) is 5.11. The molecule has 0 nitrogen and oxygen atoms in total. The summed E-state index contributed by atoms with van der Waals surface area (Å²) >= 11 is 5.09. The summed E-state index contributed by atoms with van der Waals surface area (Å²) in [5.74, 6) is 0. The summed E-state index contributed by atoms with van der Waals surface area (Å²) in [6.07, 6.45) is 6.79. The van der Waals surface area contributed by atoms with Crippen LogP contribution in [0, 0.1) is 0 Å². The molecule has 0 spiro atoms. The molecule has 1 rings (SSSR count). The Labute approximate surface area is 69.0 Å². The van der Waals surface area contributed by atoms with Gasteiger partial charge in [0.05, 0.1) is 0 Å². The summed E-state index contributed by atoms with van der Waals surface area (Å²) in [6.45, 7) is 0. The maximum atomic E-state index is 5.09. The van der Waals surface area contributed by atoms with Gasteiger partial charge in [0.25, 0.3) is 0 Å². The van der Waals surface area contributed by atoms with E-state index in [1.807, 2.05) is 0 Å². The van der Waals surface area contributed by atoms with Crippen LogP contribution in [0.25, 0.3) is 0 Å². The van der Waals surface area contributed by atoms with Crippen molar-refractivity contribution >= 4 is 12.6 Å². The van der Waals surface area contributed by atoms with Crippen LogP contribution in [0.2, 0.25) is 0 Å². The third-order valence-corrected chi connectivity index (χ3v) is 2.02. The molecule has 1 aliphatic rings. The molecule has 0 aromatic heterocycles. The van der Waals surface area contributed by atoms with E-state index in [1.54, 1.807) is 0 Å². The van der Waals surface area contributed by atoms with Crippen LogP contribution in [-0.4, -0.2) is 5.25 Å². The van der Waals surface area contributed by atoms with E-state index in [0.29, 0.717) is 5.25 Å². The topological polar surface area (TPSA) is 0 Å². The first-order valence-corrected chi connectivity index (χ1v) is 3.52. The quantitative estimate of drug-likeness (QED) is 0.289. The molecule has 8 heavy (non-hydrogen) atoms. The fraction of sp³-hybridized carbons (Fsp3) is 1.00. The van der Waals surface area contributed by atoms with Crippen LogP contribution in [0.3, 0.4) is 0 Å². The maximum absolute atomic E-state index is 5.09. The summed E-state index contributed by atoms with van der Waals surface area (Å²) in [4.78, 5) is 0. The first-order chi connectivity index (χ1) is 3.39. The molecule has 0 N–H and O–H groups in total. The van der Waals surface area contributed by atoms with Gasteiger partial charge in [-0.25, -0.2) is 0 Å². The fourth-order valence-electron chi connectivity index (χ4n) is 1.07. The minimum Gasteiger partial charge on any atom is -0.789 e. The molecular formula is C6H11LiS. The van der Waals surface area contributed by atoms with Crippen LogP contribution in [0.4, 0.5) is 0 Å². The molecule has 0 atom stereocenters. The van der Waals surface area contributed by atoms with Gasteiger partial charge in [0.2, 0.25) is 0 Å². The molecule has 0 unspecified atom stereocenters. The largest absolute Gasteiger partial charge is 1.00 e. The molecule has 0 aliphatic heterocycles. The predicted molar refractivity (Wildman–Crippen MR) is 34.2 cm³/mol. The smallest absolute Gasteiger partial charge is 0.789 e. The second-order valence-electron chi connectivity index (χ2n) is 2.26. The second kappa shape index (κ2) is 4.79. The van der Waals surface area contributed by atoms with Crippen molar-refractivity contribution in [2.45, 2.75) is 37.4 Å². The molecule has 0 heterocycles. The average molecular weight is 122 g/mol. The van der Waals surface area contributed by atoms with Crippen molar-refractivity contribution in [1.82, 2.24) is 0 Å². The van der Waals surface area contributed by atoms with Crippen LogP contribution in [0.5, 0.6) is 0 Å². The number of hydrogen-bond acceptors (Lipinski definition) is 1. The molecule has 2 heteroatoms. The third-order valence-electron chi connectivity index (χ3n) is 1.55. The van der Waals surface area contributed by atoms with Crippen molar-refractivity contribution < 1.29 is 18.9 Å². The predicted octanol–water partition coefficient (Wildman–Crippen LogP) is -1.13. The SMILES string of the molecule is [Li+].[S-]C1CCCCC1. The summed E-state index contributed by atoms with van der Waals surface area (Å²) in [6, 6.07) is 0. The van der Waals surface area contributed by atoms with E-state index in [4.69, 9.17) is 12.6 Å². The second-order valence-corrected chi connectivity index (χ2v) is 2.93. The first kappa shape index (κ1) is 8.95. The molecule has 1 fully saturated rings. The van der Waals surface area contributed by atoms with Crippen LogP contribution in [0.15, 0.2) is 0 Å². The molecule has 0 radical (unpaired) electrons. The van der Waals surface area contributed by atoms with E-state index in [2.05, 4.69) is 0 Å². The summed E-state index contributed by atoms with van der Waals surface area (Å²) in [7, 11) is 0. The normalized spacial score (nSPS) is 22.1. The Morgan fingerprint density at radius 2 is 1.50 bits per heavy atom. The monoisotopic (exact) mass is 122 g/mol. The zero-order valence-electron chi connectivity index (χ0n) is 5.52. The Morgan fingerprint density at radius 1 is 1.00 bits per heavy atom. The van der Waals surface area contributed by atoms with Crippen molar-refractivity contribution in [3.63, 3.8) is 0 Å². The molecule has 0 aromatic rings. The molecule has 1 aliphatic carbocycles. The Hall–Kier alpha value is 0.947. The third kappa shape index (κ3) is 3.07. The van der Waals surface area contributed by atoms with Crippen molar-refractivity contribution in [3.05, 3.63) is 0 Å². The van der Waals surface area contributed by atoms with Crippen LogP contribution in [-0.2, 0) is 12.6 Å². The summed E-state index contributed by atoms with van der Waals surface area (Å²) in [5, 5.41) is 0.619. The van der Waals surface area contributed by atoms with Gasteiger partial charge in [0, 0.05) is 0 Å². The van der Waals surface area contributed by atoms with E-state index in [9.17, 15) is 0 Å². The Morgan fingerprint density at radius 3 is 1.75 bits per heavy atom. The molecule has 0 saturated heterocycles. The molecule has 1 saturated carbocycles. The molecule has 0 bridgehead atoms. The maximum Gasteiger partial charge on any atom is 1.00 e. The fourth-order valence-corrected chi connectivity index (χ4v) is 1.40. The summed E-state index contributed by atoms with van der Waals surface area (Å²) in [5.41, 5.74) is 0. The van der Waals surface area contributed by atoms with Gasteiger partial charge in [0.1, 0.15) is 0 Å². The van der Waals surface area contributed by atoms with Gasteiger partial charge in [-0.3, -0.25) is 0 Å². The van der Waals surface area contributed by atoms with Crippen molar-refractivity contribution in [2.75, 3.05) is 0 Å². The van der Waals surface area contributed by atoms with E-state index in [1.165, 1.54) is 32.1 Å². The molecule has 42 valence electrons. The zero-order valence-corrected chi connectivity index (χ0v) is 6.34. The Kier molecular flexibility index (Phi) is 5.36. The van der Waals surface area contributed by atoms with Crippen molar-refractivity contribution in [2.24, 2.45) is 0 Å². The van der Waals surface area contributed by atoms with Crippen molar-refractivity contribution in [1.29, 1.82) is 0 Å². The van der Waals surface area contributed by atoms with E-state index >= 15 is 0 Å². The average Bonchev–Trinajstić information content (AvgIpc) is 1.69. The van der Waals surface area contributed by atoms with E-state index in [0.717, 1.165) is 0 Å². The van der Waals surface area contributed by atoms with Gasteiger partial charge in [-0.2, -0.15) is 5.25 Å². The van der Waals surface area contributed by atoms with Gasteiger partial charge in [0.15, 0.2) is 0 Å². The van der Waals surface area contributed by atoms with Gasteiger partial charge in [-0.1, -0.05) is 32.1 Å². The number of rotatable bonds is 0. The van der Waals surface area contributed by atoms with Gasteiger partial charge >= 0.3 is 18.9 Å². The Bertz CT molecular complexity index is 50.5. The summed E-state index contributed by atoms with van der Waals surface area (Å²) < 4.78 is 0. The van der Waals surface area contributed by atoms with Crippen molar-refractivity contribution in [3.8, 4) is 0 Å². The molecule has 0 aromatic carbocycles. The van der Waals surface area contributed by atoms with Gasteiger partial charge in [-0.05, 0) is 0 Å². The minimum atomic E-state index is 0. The van der Waals surface area contributed by atoms with Gasteiger partial charge < -0.3 is 12.6 Å².